The van der Waals surface area contributed by atoms with Gasteiger partial charge in [-0.3, -0.25) is 0 Å². The van der Waals surface area contributed by atoms with Crippen molar-refractivity contribution in [1.82, 2.24) is 4.57 Å². The molecule has 0 aliphatic carbocycles. The van der Waals surface area contributed by atoms with Gasteiger partial charge < -0.3 is 4.57 Å². The van der Waals surface area contributed by atoms with Gasteiger partial charge in [0, 0.05) is 36.6 Å². The fraction of sp³-hybridized carbons (Fsp3) is 0. The zero-order valence-electron chi connectivity index (χ0n) is 23.8. The van der Waals surface area contributed by atoms with Crippen LogP contribution in [0.3, 0.4) is 0 Å². The minimum atomic E-state index is 1.17. The molecule has 44 heavy (non-hydrogen) atoms. The molecule has 2 heteroatoms. The maximum Gasteiger partial charge on any atom is 0.0547 e. The number of fused-ring (bicyclic) bond motifs is 12. The summed E-state index contributed by atoms with van der Waals surface area (Å²) in [5.41, 5.74) is 6.08. The van der Waals surface area contributed by atoms with Gasteiger partial charge >= 0.3 is 0 Å². The molecule has 0 N–H and O–H groups in total. The molecule has 2 heterocycles. The molecule has 0 saturated heterocycles. The Morgan fingerprint density at radius 2 is 0.932 bits per heavy atom. The highest BCUT2D eigenvalue weighted by Gasteiger charge is 2.18. The van der Waals surface area contributed by atoms with E-state index in [-0.39, 0.29) is 0 Å². The van der Waals surface area contributed by atoms with E-state index < -0.39 is 0 Å². The van der Waals surface area contributed by atoms with Crippen LogP contribution in [-0.2, 0) is 0 Å². The SMILES string of the molecule is c1ccc(-c2cccc(-n3c4ccccc4c4cc5c6ccccc6c6cc7c(cc6c5cc43)sc3ccccc37)c2)cc1. The van der Waals surface area contributed by atoms with Crippen LogP contribution in [0.1, 0.15) is 0 Å². The van der Waals surface area contributed by atoms with Crippen LogP contribution in [0.5, 0.6) is 0 Å². The van der Waals surface area contributed by atoms with Crippen LogP contribution in [0.25, 0.3) is 91.1 Å². The quantitative estimate of drug-likeness (QED) is 0.181. The molecule has 0 spiro atoms. The number of rotatable bonds is 2. The summed E-state index contributed by atoms with van der Waals surface area (Å²) >= 11 is 1.89. The highest BCUT2D eigenvalue weighted by atomic mass is 32.1. The van der Waals surface area contributed by atoms with E-state index in [0.29, 0.717) is 0 Å². The van der Waals surface area contributed by atoms with Crippen molar-refractivity contribution in [2.75, 3.05) is 0 Å². The van der Waals surface area contributed by atoms with E-state index in [1.165, 1.54) is 91.1 Å². The van der Waals surface area contributed by atoms with E-state index in [1.54, 1.807) is 0 Å². The molecular weight excluding hydrogens is 551 g/mol. The van der Waals surface area contributed by atoms with Crippen molar-refractivity contribution in [1.29, 1.82) is 0 Å². The number of para-hydroxylation sites is 1. The fourth-order valence-corrected chi connectivity index (χ4v) is 8.49. The van der Waals surface area contributed by atoms with Crippen molar-refractivity contribution in [3.63, 3.8) is 0 Å². The second kappa shape index (κ2) is 9.03. The molecule has 0 fully saturated rings. The topological polar surface area (TPSA) is 4.93 Å². The Morgan fingerprint density at radius 3 is 1.75 bits per heavy atom. The second-order valence-electron chi connectivity index (χ2n) is 11.7. The molecule has 0 aliphatic heterocycles. The Labute approximate surface area is 257 Å². The van der Waals surface area contributed by atoms with E-state index in [0.717, 1.165) is 0 Å². The Bertz CT molecular complexity index is 2760. The second-order valence-corrected chi connectivity index (χ2v) is 12.8. The average molecular weight is 576 g/mol. The highest BCUT2D eigenvalue weighted by Crippen LogP contribution is 2.44. The minimum Gasteiger partial charge on any atom is -0.309 e. The van der Waals surface area contributed by atoms with Crippen molar-refractivity contribution in [3.8, 4) is 16.8 Å². The number of benzene rings is 8. The Hall–Kier alpha value is -5.44. The standard InChI is InChI=1S/C42H25NS/c1-2-11-26(12-3-1)27-13-10-14-28(21-27)43-39-19-8-6-17-31(39)37-22-33-29-15-4-5-16-30(29)34-23-38-32-18-7-9-20-41(32)44-42(38)25-36(34)35(33)24-40(37)43/h1-25H. The number of hydrogen-bond donors (Lipinski definition) is 0. The molecular formula is C42H25NS. The number of aromatic nitrogens is 1. The molecule has 0 radical (unpaired) electrons. The molecule has 8 aromatic carbocycles. The summed E-state index contributed by atoms with van der Waals surface area (Å²) in [6.45, 7) is 0. The van der Waals surface area contributed by atoms with Crippen LogP contribution in [0.2, 0.25) is 0 Å². The van der Waals surface area contributed by atoms with E-state index in [2.05, 4.69) is 156 Å². The van der Waals surface area contributed by atoms with Crippen molar-refractivity contribution < 1.29 is 0 Å². The Balaban J connectivity index is 1.36. The van der Waals surface area contributed by atoms with Crippen LogP contribution in [-0.4, -0.2) is 4.57 Å². The maximum atomic E-state index is 2.45. The van der Waals surface area contributed by atoms with Gasteiger partial charge in [0.25, 0.3) is 0 Å². The first-order chi connectivity index (χ1) is 21.8. The van der Waals surface area contributed by atoms with Crippen LogP contribution >= 0.6 is 11.3 Å². The minimum absolute atomic E-state index is 1.17. The third-order valence-electron chi connectivity index (χ3n) is 9.34. The van der Waals surface area contributed by atoms with Gasteiger partial charge in [-0.2, -0.15) is 0 Å². The van der Waals surface area contributed by atoms with Crippen LogP contribution < -0.4 is 0 Å². The van der Waals surface area contributed by atoms with Crippen LogP contribution in [0, 0.1) is 0 Å². The van der Waals surface area contributed by atoms with Gasteiger partial charge in [-0.1, -0.05) is 103 Å². The zero-order valence-corrected chi connectivity index (χ0v) is 24.6. The lowest BCUT2D eigenvalue weighted by Gasteiger charge is -2.13. The molecule has 10 aromatic rings. The van der Waals surface area contributed by atoms with Crippen molar-refractivity contribution in [3.05, 3.63) is 152 Å². The average Bonchev–Trinajstić information content (AvgIpc) is 3.62. The van der Waals surface area contributed by atoms with Gasteiger partial charge in [-0.15, -0.1) is 11.3 Å². The normalized spacial score (nSPS) is 12.1. The monoisotopic (exact) mass is 575 g/mol. The van der Waals surface area contributed by atoms with Crippen molar-refractivity contribution in [2.45, 2.75) is 0 Å². The number of hydrogen-bond acceptors (Lipinski definition) is 1. The highest BCUT2D eigenvalue weighted by molar-refractivity contribution is 7.25. The van der Waals surface area contributed by atoms with E-state index in [9.17, 15) is 0 Å². The maximum absolute atomic E-state index is 2.45. The fourth-order valence-electron chi connectivity index (χ4n) is 7.36. The van der Waals surface area contributed by atoms with Gasteiger partial charge in [0.05, 0.1) is 11.0 Å². The molecule has 10 rings (SSSR count). The molecule has 2 aromatic heterocycles. The summed E-state index contributed by atoms with van der Waals surface area (Å²) in [6, 6.07) is 56.0. The largest absolute Gasteiger partial charge is 0.309 e. The number of thiophene rings is 1. The van der Waals surface area contributed by atoms with Crippen LogP contribution in [0.15, 0.2) is 152 Å². The van der Waals surface area contributed by atoms with Gasteiger partial charge in [-0.05, 0) is 92.0 Å². The van der Waals surface area contributed by atoms with Crippen molar-refractivity contribution >= 4 is 85.6 Å². The summed E-state index contributed by atoms with van der Waals surface area (Å²) < 4.78 is 5.13. The van der Waals surface area contributed by atoms with Gasteiger partial charge in [0.15, 0.2) is 0 Å². The lowest BCUT2D eigenvalue weighted by Crippen LogP contribution is -1.94. The first-order valence-corrected chi connectivity index (χ1v) is 15.9. The third-order valence-corrected chi connectivity index (χ3v) is 10.5. The molecule has 0 amide bonds. The summed E-state index contributed by atoms with van der Waals surface area (Å²) in [7, 11) is 0. The molecule has 1 nitrogen and oxygen atoms in total. The summed E-state index contributed by atoms with van der Waals surface area (Å²) in [5.74, 6) is 0. The molecule has 0 bridgehead atoms. The Morgan fingerprint density at radius 1 is 0.318 bits per heavy atom. The zero-order chi connectivity index (χ0) is 28.8. The molecule has 0 saturated carbocycles. The van der Waals surface area contributed by atoms with Crippen LogP contribution in [0.4, 0.5) is 0 Å². The first-order valence-electron chi connectivity index (χ1n) is 15.1. The summed E-state index contributed by atoms with van der Waals surface area (Å²) in [6.07, 6.45) is 0. The van der Waals surface area contributed by atoms with E-state index in [1.807, 2.05) is 11.3 Å². The van der Waals surface area contributed by atoms with Gasteiger partial charge in [0.2, 0.25) is 0 Å². The lowest BCUT2D eigenvalue weighted by atomic mass is 9.92. The molecule has 0 atom stereocenters. The molecule has 0 aliphatic rings. The van der Waals surface area contributed by atoms with E-state index in [4.69, 9.17) is 0 Å². The first kappa shape index (κ1) is 24.0. The Kier molecular flexibility index (Phi) is 4.94. The molecule has 204 valence electrons. The molecule has 0 unspecified atom stereocenters. The third kappa shape index (κ3) is 3.35. The number of nitrogens with zero attached hydrogens (tertiary/aromatic N) is 1. The van der Waals surface area contributed by atoms with Gasteiger partial charge in [-0.25, -0.2) is 0 Å². The smallest absolute Gasteiger partial charge is 0.0547 e. The predicted molar refractivity (Wildman–Crippen MR) is 192 cm³/mol. The van der Waals surface area contributed by atoms with Crippen molar-refractivity contribution in [2.24, 2.45) is 0 Å². The summed E-state index contributed by atoms with van der Waals surface area (Å²) in [5, 5.41) is 13.1. The van der Waals surface area contributed by atoms with E-state index >= 15 is 0 Å². The lowest BCUT2D eigenvalue weighted by molar-refractivity contribution is 1.18. The predicted octanol–water partition coefficient (Wildman–Crippen LogP) is 12.3. The van der Waals surface area contributed by atoms with Gasteiger partial charge in [0.1, 0.15) is 0 Å². The summed E-state index contributed by atoms with van der Waals surface area (Å²) in [4.78, 5) is 0.